The Morgan fingerprint density at radius 3 is 2.88 bits per heavy atom. The molecule has 0 spiro atoms. The van der Waals surface area contributed by atoms with Gasteiger partial charge < -0.3 is 15.3 Å². The van der Waals surface area contributed by atoms with Gasteiger partial charge in [-0.15, -0.1) is 0 Å². The quantitative estimate of drug-likeness (QED) is 0.768. The molecule has 0 aliphatic carbocycles. The Hall–Kier alpha value is -1.62. The van der Waals surface area contributed by atoms with Crippen LogP contribution in [0.5, 0.6) is 0 Å². The maximum atomic E-state index is 11.7. The first-order valence-electron chi connectivity index (χ1n) is 5.10. The topological polar surface area (TPSA) is 65.5 Å². The van der Waals surface area contributed by atoms with Gasteiger partial charge in [-0.1, -0.05) is 0 Å². The summed E-state index contributed by atoms with van der Waals surface area (Å²) >= 11 is 0. The zero-order valence-corrected chi connectivity index (χ0v) is 9.77. The fraction of sp³-hybridized carbons (Fsp3) is 0.455. The Labute approximate surface area is 95.1 Å². The van der Waals surface area contributed by atoms with Crippen molar-refractivity contribution in [2.24, 2.45) is 0 Å². The minimum absolute atomic E-state index is 0.202. The lowest BCUT2D eigenvalue weighted by Gasteiger charge is -2.12. The molecule has 1 heterocycles. The van der Waals surface area contributed by atoms with Crippen LogP contribution in [0.25, 0.3) is 0 Å². The van der Waals surface area contributed by atoms with E-state index in [1.807, 2.05) is 19.0 Å². The largest absolute Gasteiger partial charge is 0.392 e. The monoisotopic (exact) mass is 223 g/mol. The molecule has 0 aromatic carbocycles. The lowest BCUT2D eigenvalue weighted by Crippen LogP contribution is -2.30. The Kier molecular flexibility index (Phi) is 4.25. The van der Waals surface area contributed by atoms with Gasteiger partial charge in [-0.2, -0.15) is 0 Å². The van der Waals surface area contributed by atoms with Crippen LogP contribution >= 0.6 is 0 Å². The van der Waals surface area contributed by atoms with E-state index in [4.69, 9.17) is 5.11 Å². The number of amides is 1. The van der Waals surface area contributed by atoms with Crippen LogP contribution < -0.4 is 10.2 Å². The molecule has 5 nitrogen and oxygen atoms in total. The maximum Gasteiger partial charge on any atom is 0.251 e. The first-order valence-corrected chi connectivity index (χ1v) is 5.10. The van der Waals surface area contributed by atoms with Gasteiger partial charge in [-0.25, -0.2) is 4.98 Å². The molecule has 2 N–H and O–H groups in total. The summed E-state index contributed by atoms with van der Waals surface area (Å²) in [7, 11) is 3.72. The van der Waals surface area contributed by atoms with E-state index in [9.17, 15) is 4.79 Å². The van der Waals surface area contributed by atoms with Crippen molar-refractivity contribution in [1.29, 1.82) is 0 Å². The summed E-state index contributed by atoms with van der Waals surface area (Å²) in [4.78, 5) is 17.6. The fourth-order valence-electron chi connectivity index (χ4n) is 1.15. The maximum absolute atomic E-state index is 11.7. The average molecular weight is 223 g/mol. The van der Waals surface area contributed by atoms with Crippen LogP contribution in [0.15, 0.2) is 18.3 Å². The number of nitrogens with one attached hydrogen (secondary N) is 1. The first kappa shape index (κ1) is 12.4. The highest BCUT2D eigenvalue weighted by atomic mass is 16.3. The second-order valence-corrected chi connectivity index (χ2v) is 3.86. The summed E-state index contributed by atoms with van der Waals surface area (Å²) in [6.45, 7) is 1.87. The number of aromatic nitrogens is 1. The number of carbonyl (C=O) groups is 1. The van der Waals surface area contributed by atoms with E-state index < -0.39 is 6.10 Å². The van der Waals surface area contributed by atoms with E-state index in [2.05, 4.69) is 10.3 Å². The molecule has 0 fully saturated rings. The molecular formula is C11H17N3O2. The summed E-state index contributed by atoms with van der Waals surface area (Å²) in [5, 5.41) is 11.7. The standard InChI is InChI=1S/C11H17N3O2/c1-8(15)7-13-11(16)9-4-5-12-10(6-9)14(2)3/h4-6,8,15H,7H2,1-3H3,(H,13,16)/t8-/m1/s1. The number of pyridine rings is 1. The molecule has 0 aliphatic rings. The van der Waals surface area contributed by atoms with E-state index >= 15 is 0 Å². The third-order valence-electron chi connectivity index (χ3n) is 2.02. The van der Waals surface area contributed by atoms with Gasteiger partial charge in [-0.3, -0.25) is 4.79 Å². The summed E-state index contributed by atoms with van der Waals surface area (Å²) < 4.78 is 0. The van der Waals surface area contributed by atoms with Crippen LogP contribution in [0, 0.1) is 0 Å². The molecule has 1 atom stereocenters. The molecular weight excluding hydrogens is 206 g/mol. The molecule has 88 valence electrons. The Balaban J connectivity index is 2.72. The van der Waals surface area contributed by atoms with E-state index in [-0.39, 0.29) is 12.5 Å². The van der Waals surface area contributed by atoms with Gasteiger partial charge in [0.25, 0.3) is 5.91 Å². The SMILES string of the molecule is C[C@@H](O)CNC(=O)c1ccnc(N(C)C)c1. The highest BCUT2D eigenvalue weighted by Gasteiger charge is 2.08. The van der Waals surface area contributed by atoms with Gasteiger partial charge in [0, 0.05) is 32.4 Å². The van der Waals surface area contributed by atoms with Gasteiger partial charge >= 0.3 is 0 Å². The van der Waals surface area contributed by atoms with Gasteiger partial charge in [-0.05, 0) is 19.1 Å². The molecule has 1 aromatic rings. The smallest absolute Gasteiger partial charge is 0.251 e. The molecule has 0 saturated carbocycles. The molecule has 0 radical (unpaired) electrons. The van der Waals surface area contributed by atoms with Crippen LogP contribution in [0.2, 0.25) is 0 Å². The number of rotatable bonds is 4. The van der Waals surface area contributed by atoms with Crippen molar-refractivity contribution in [3.05, 3.63) is 23.9 Å². The minimum Gasteiger partial charge on any atom is -0.392 e. The third kappa shape index (κ3) is 3.51. The number of anilines is 1. The van der Waals surface area contributed by atoms with Crippen molar-refractivity contribution in [1.82, 2.24) is 10.3 Å². The highest BCUT2D eigenvalue weighted by Crippen LogP contribution is 2.09. The molecule has 0 unspecified atom stereocenters. The zero-order chi connectivity index (χ0) is 12.1. The second kappa shape index (κ2) is 5.46. The normalized spacial score (nSPS) is 12.0. The van der Waals surface area contributed by atoms with Crippen LogP contribution in [0.3, 0.4) is 0 Å². The number of hydrogen-bond acceptors (Lipinski definition) is 4. The van der Waals surface area contributed by atoms with Crippen molar-refractivity contribution >= 4 is 11.7 Å². The van der Waals surface area contributed by atoms with Crippen molar-refractivity contribution in [3.8, 4) is 0 Å². The van der Waals surface area contributed by atoms with Crippen molar-refractivity contribution in [3.63, 3.8) is 0 Å². The lowest BCUT2D eigenvalue weighted by molar-refractivity contribution is 0.0924. The Morgan fingerprint density at radius 1 is 1.62 bits per heavy atom. The molecule has 0 bridgehead atoms. The summed E-state index contributed by atoms with van der Waals surface area (Å²) in [6, 6.07) is 3.35. The molecule has 0 aliphatic heterocycles. The number of aliphatic hydroxyl groups excluding tert-OH is 1. The predicted molar refractivity (Wildman–Crippen MR) is 62.6 cm³/mol. The minimum atomic E-state index is -0.542. The average Bonchev–Trinajstić information content (AvgIpc) is 2.26. The van der Waals surface area contributed by atoms with Crippen molar-refractivity contribution in [2.45, 2.75) is 13.0 Å². The summed E-state index contributed by atoms with van der Waals surface area (Å²) in [6.07, 6.45) is 1.05. The van der Waals surface area contributed by atoms with Gasteiger partial charge in [0.15, 0.2) is 0 Å². The predicted octanol–water partition coefficient (Wildman–Crippen LogP) is 0.258. The highest BCUT2D eigenvalue weighted by molar-refractivity contribution is 5.94. The fourth-order valence-corrected chi connectivity index (χ4v) is 1.15. The second-order valence-electron chi connectivity index (χ2n) is 3.86. The van der Waals surface area contributed by atoms with Crippen molar-refractivity contribution < 1.29 is 9.90 Å². The number of hydrogen-bond donors (Lipinski definition) is 2. The summed E-state index contributed by atoms with van der Waals surface area (Å²) in [5.74, 6) is 0.524. The number of carbonyl (C=O) groups excluding carboxylic acids is 1. The van der Waals surface area contributed by atoms with Crippen LogP contribution in [-0.2, 0) is 0 Å². The van der Waals surface area contributed by atoms with Crippen molar-refractivity contribution in [2.75, 3.05) is 25.5 Å². The molecule has 1 rings (SSSR count). The molecule has 16 heavy (non-hydrogen) atoms. The zero-order valence-electron chi connectivity index (χ0n) is 9.77. The Bertz CT molecular complexity index is 364. The number of aliphatic hydroxyl groups is 1. The van der Waals surface area contributed by atoms with E-state index in [0.717, 1.165) is 5.82 Å². The van der Waals surface area contributed by atoms with Gasteiger partial charge in [0.1, 0.15) is 5.82 Å². The van der Waals surface area contributed by atoms with Gasteiger partial charge in [0.2, 0.25) is 0 Å². The third-order valence-corrected chi connectivity index (χ3v) is 2.02. The number of nitrogens with zero attached hydrogens (tertiary/aromatic N) is 2. The van der Waals surface area contributed by atoms with E-state index in [0.29, 0.717) is 5.56 Å². The van der Waals surface area contributed by atoms with E-state index in [1.54, 1.807) is 25.3 Å². The molecule has 1 amide bonds. The van der Waals surface area contributed by atoms with Crippen LogP contribution in [0.1, 0.15) is 17.3 Å². The molecule has 0 saturated heterocycles. The molecule has 1 aromatic heterocycles. The van der Waals surface area contributed by atoms with E-state index in [1.165, 1.54) is 0 Å². The Morgan fingerprint density at radius 2 is 2.31 bits per heavy atom. The van der Waals surface area contributed by atoms with Gasteiger partial charge in [0.05, 0.1) is 6.10 Å². The first-order chi connectivity index (χ1) is 7.50. The van der Waals surface area contributed by atoms with Crippen LogP contribution in [-0.4, -0.2) is 42.7 Å². The molecule has 5 heteroatoms. The lowest BCUT2D eigenvalue weighted by atomic mass is 10.2. The summed E-state index contributed by atoms with van der Waals surface area (Å²) in [5.41, 5.74) is 0.541. The van der Waals surface area contributed by atoms with Crippen LogP contribution in [0.4, 0.5) is 5.82 Å².